The third kappa shape index (κ3) is 1.84. The van der Waals surface area contributed by atoms with Crippen molar-refractivity contribution in [2.24, 2.45) is 7.05 Å². The summed E-state index contributed by atoms with van der Waals surface area (Å²) in [6, 6.07) is 1.16. The Hall–Kier alpha value is -1.66. The SMILES string of the molecule is Cn1c(=O)cc(N2CCC(F)(F)C2)[nH]c1=O. The molecule has 1 aromatic rings. The second-order valence-electron chi connectivity index (χ2n) is 3.88. The van der Waals surface area contributed by atoms with Gasteiger partial charge in [0.1, 0.15) is 5.82 Å². The van der Waals surface area contributed by atoms with Crippen molar-refractivity contribution in [3.05, 3.63) is 26.9 Å². The summed E-state index contributed by atoms with van der Waals surface area (Å²) in [4.78, 5) is 26.3. The molecule has 2 heterocycles. The Bertz CT molecular complexity index is 489. The van der Waals surface area contributed by atoms with Gasteiger partial charge in [-0.05, 0) is 0 Å². The summed E-state index contributed by atoms with van der Waals surface area (Å²) in [6.07, 6.45) is -0.260. The lowest BCUT2D eigenvalue weighted by atomic mass is 10.3. The number of halogens is 2. The van der Waals surface area contributed by atoms with Crippen molar-refractivity contribution < 1.29 is 8.78 Å². The van der Waals surface area contributed by atoms with Crippen LogP contribution in [-0.4, -0.2) is 28.6 Å². The van der Waals surface area contributed by atoms with E-state index in [1.54, 1.807) is 0 Å². The van der Waals surface area contributed by atoms with Crippen LogP contribution >= 0.6 is 0 Å². The van der Waals surface area contributed by atoms with Crippen molar-refractivity contribution in [3.8, 4) is 0 Å². The Morgan fingerprint density at radius 1 is 1.44 bits per heavy atom. The standard InChI is InChI=1S/C9H11F2N3O2/c1-13-7(15)4-6(12-8(13)16)14-3-2-9(10,11)5-14/h4H,2-3,5H2,1H3,(H,12,16). The van der Waals surface area contributed by atoms with E-state index in [0.29, 0.717) is 0 Å². The van der Waals surface area contributed by atoms with Crippen molar-refractivity contribution >= 4 is 5.82 Å². The molecule has 0 spiro atoms. The average Bonchev–Trinajstić information content (AvgIpc) is 2.54. The van der Waals surface area contributed by atoms with Gasteiger partial charge in [0.2, 0.25) is 0 Å². The smallest absolute Gasteiger partial charge is 0.329 e. The summed E-state index contributed by atoms with van der Waals surface area (Å²) >= 11 is 0. The van der Waals surface area contributed by atoms with E-state index in [1.807, 2.05) is 0 Å². The normalized spacial score (nSPS) is 19.1. The zero-order valence-corrected chi connectivity index (χ0v) is 8.67. The van der Waals surface area contributed by atoms with Crippen molar-refractivity contribution in [2.45, 2.75) is 12.3 Å². The third-order valence-electron chi connectivity index (χ3n) is 2.64. The number of aromatic amines is 1. The largest absolute Gasteiger partial charge is 0.352 e. The fourth-order valence-corrected chi connectivity index (χ4v) is 1.66. The maximum Gasteiger partial charge on any atom is 0.329 e. The molecule has 0 bridgehead atoms. The van der Waals surface area contributed by atoms with Gasteiger partial charge in [-0.3, -0.25) is 14.3 Å². The number of hydrogen-bond donors (Lipinski definition) is 1. The van der Waals surface area contributed by atoms with E-state index < -0.39 is 23.7 Å². The number of nitrogens with zero attached hydrogens (tertiary/aromatic N) is 2. The quantitative estimate of drug-likeness (QED) is 0.735. The highest BCUT2D eigenvalue weighted by atomic mass is 19.3. The van der Waals surface area contributed by atoms with Gasteiger partial charge in [-0.1, -0.05) is 0 Å². The van der Waals surface area contributed by atoms with Crippen LogP contribution in [0.1, 0.15) is 6.42 Å². The highest BCUT2D eigenvalue weighted by Crippen LogP contribution is 2.28. The van der Waals surface area contributed by atoms with Crippen LogP contribution in [0.4, 0.5) is 14.6 Å². The first kappa shape index (κ1) is 10.8. The molecule has 1 N–H and O–H groups in total. The van der Waals surface area contributed by atoms with E-state index in [0.717, 1.165) is 10.6 Å². The Morgan fingerprint density at radius 3 is 2.62 bits per heavy atom. The molecule has 0 saturated carbocycles. The molecule has 0 amide bonds. The molecule has 5 nitrogen and oxygen atoms in total. The lowest BCUT2D eigenvalue weighted by Crippen LogP contribution is -2.35. The summed E-state index contributed by atoms with van der Waals surface area (Å²) in [5.74, 6) is -2.59. The topological polar surface area (TPSA) is 58.1 Å². The summed E-state index contributed by atoms with van der Waals surface area (Å²) < 4.78 is 26.8. The van der Waals surface area contributed by atoms with Gasteiger partial charge >= 0.3 is 5.69 Å². The van der Waals surface area contributed by atoms with Crippen LogP contribution in [0.3, 0.4) is 0 Å². The third-order valence-corrected chi connectivity index (χ3v) is 2.64. The predicted octanol–water partition coefficient (Wildman–Crippen LogP) is -0.0810. The summed E-state index contributed by atoms with van der Waals surface area (Å²) in [5, 5.41) is 0. The fraction of sp³-hybridized carbons (Fsp3) is 0.556. The molecule has 1 aliphatic heterocycles. The van der Waals surface area contributed by atoms with Crippen molar-refractivity contribution in [1.82, 2.24) is 9.55 Å². The van der Waals surface area contributed by atoms with Gasteiger partial charge < -0.3 is 4.90 Å². The van der Waals surface area contributed by atoms with E-state index >= 15 is 0 Å². The highest BCUT2D eigenvalue weighted by molar-refractivity contribution is 5.38. The Balaban J connectivity index is 2.37. The molecule has 1 saturated heterocycles. The number of anilines is 1. The minimum Gasteiger partial charge on any atom is -0.352 e. The Morgan fingerprint density at radius 2 is 2.12 bits per heavy atom. The Kier molecular flexibility index (Phi) is 2.32. The first-order valence-corrected chi connectivity index (χ1v) is 4.82. The molecule has 1 aromatic heterocycles. The number of alkyl halides is 2. The number of H-pyrrole nitrogens is 1. The second-order valence-corrected chi connectivity index (χ2v) is 3.88. The van der Waals surface area contributed by atoms with Gasteiger partial charge in [-0.2, -0.15) is 0 Å². The van der Waals surface area contributed by atoms with Crippen LogP contribution in [0.15, 0.2) is 15.7 Å². The maximum atomic E-state index is 12.9. The number of aromatic nitrogens is 2. The monoisotopic (exact) mass is 231 g/mol. The van der Waals surface area contributed by atoms with E-state index in [4.69, 9.17) is 0 Å². The zero-order chi connectivity index (χ0) is 11.9. The van der Waals surface area contributed by atoms with Gasteiger partial charge in [0.15, 0.2) is 0 Å². The van der Waals surface area contributed by atoms with Crippen LogP contribution in [0.2, 0.25) is 0 Å². The van der Waals surface area contributed by atoms with Gasteiger partial charge in [0.05, 0.1) is 6.54 Å². The van der Waals surface area contributed by atoms with Crippen LogP contribution in [0.5, 0.6) is 0 Å². The van der Waals surface area contributed by atoms with Crippen LogP contribution < -0.4 is 16.1 Å². The minimum absolute atomic E-state index is 0.135. The summed E-state index contributed by atoms with van der Waals surface area (Å²) in [5.41, 5.74) is -1.10. The summed E-state index contributed by atoms with van der Waals surface area (Å²) in [7, 11) is 1.32. The van der Waals surface area contributed by atoms with Gasteiger partial charge in [-0.15, -0.1) is 0 Å². The number of rotatable bonds is 1. The van der Waals surface area contributed by atoms with Crippen LogP contribution in [0, 0.1) is 0 Å². The molecule has 2 rings (SSSR count). The highest BCUT2D eigenvalue weighted by Gasteiger charge is 2.38. The molecule has 0 aromatic carbocycles. The molecule has 1 fully saturated rings. The minimum atomic E-state index is -2.75. The van der Waals surface area contributed by atoms with E-state index in [9.17, 15) is 18.4 Å². The van der Waals surface area contributed by atoms with Crippen molar-refractivity contribution in [2.75, 3.05) is 18.0 Å². The molecular formula is C9H11F2N3O2. The average molecular weight is 231 g/mol. The molecule has 0 unspecified atom stereocenters. The van der Waals surface area contributed by atoms with Gasteiger partial charge in [0, 0.05) is 26.1 Å². The zero-order valence-electron chi connectivity index (χ0n) is 8.67. The number of hydrogen-bond acceptors (Lipinski definition) is 3. The lowest BCUT2D eigenvalue weighted by molar-refractivity contribution is 0.0256. The van der Waals surface area contributed by atoms with Crippen molar-refractivity contribution in [3.63, 3.8) is 0 Å². The lowest BCUT2D eigenvalue weighted by Gasteiger charge is -2.17. The first-order chi connectivity index (χ1) is 7.39. The van der Waals surface area contributed by atoms with Gasteiger partial charge in [-0.25, -0.2) is 13.6 Å². The molecule has 88 valence electrons. The van der Waals surface area contributed by atoms with E-state index in [1.165, 1.54) is 11.9 Å². The molecule has 7 heteroatoms. The fourth-order valence-electron chi connectivity index (χ4n) is 1.66. The molecule has 16 heavy (non-hydrogen) atoms. The molecule has 1 aliphatic rings. The maximum absolute atomic E-state index is 12.9. The van der Waals surface area contributed by atoms with Crippen LogP contribution in [0.25, 0.3) is 0 Å². The van der Waals surface area contributed by atoms with Gasteiger partial charge in [0.25, 0.3) is 11.5 Å². The number of nitrogens with one attached hydrogen (secondary N) is 1. The summed E-state index contributed by atoms with van der Waals surface area (Å²) in [6.45, 7) is -0.327. The second kappa shape index (κ2) is 3.43. The predicted molar refractivity (Wildman–Crippen MR) is 54.1 cm³/mol. The molecule has 0 aliphatic carbocycles. The molecular weight excluding hydrogens is 220 g/mol. The van der Waals surface area contributed by atoms with E-state index in [-0.39, 0.29) is 18.8 Å². The van der Waals surface area contributed by atoms with Crippen LogP contribution in [-0.2, 0) is 7.05 Å². The molecule has 0 radical (unpaired) electrons. The van der Waals surface area contributed by atoms with Crippen molar-refractivity contribution in [1.29, 1.82) is 0 Å². The first-order valence-electron chi connectivity index (χ1n) is 4.82. The Labute approximate surface area is 89.3 Å². The molecule has 0 atom stereocenters. The van der Waals surface area contributed by atoms with E-state index in [2.05, 4.69) is 4.98 Å².